The number of hydrogen-bond acceptors (Lipinski definition) is 4. The Balaban J connectivity index is 4.52. The molecule has 0 aromatic rings. The second-order valence-electron chi connectivity index (χ2n) is 3.44. The van der Waals surface area contributed by atoms with E-state index >= 15 is 0 Å². The number of ether oxygens (including phenoxy) is 1. The average molecular weight is 442 g/mol. The van der Waals surface area contributed by atoms with Crippen molar-refractivity contribution in [1.29, 1.82) is 0 Å². The Morgan fingerprint density at radius 3 is 2.20 bits per heavy atom. The molecule has 4 nitrogen and oxygen atoms in total. The van der Waals surface area contributed by atoms with Crippen LogP contribution in [0.15, 0.2) is 0 Å². The summed E-state index contributed by atoms with van der Waals surface area (Å²) in [7, 11) is 3.28. The molecule has 0 aromatic heterocycles. The van der Waals surface area contributed by atoms with Gasteiger partial charge in [0.2, 0.25) is 0 Å². The van der Waals surface area contributed by atoms with Crippen molar-refractivity contribution in [2.75, 3.05) is 13.7 Å². The van der Waals surface area contributed by atoms with Gasteiger partial charge in [-0.05, 0) is 6.42 Å². The zero-order valence-electron chi connectivity index (χ0n) is 9.15. The highest BCUT2D eigenvalue weighted by Crippen LogP contribution is 2.22. The summed E-state index contributed by atoms with van der Waals surface area (Å²) >= 11 is 3.72. The van der Waals surface area contributed by atoms with E-state index in [9.17, 15) is 5.11 Å². The van der Waals surface area contributed by atoms with E-state index in [1.54, 1.807) is 15.0 Å². The van der Waals surface area contributed by atoms with Crippen LogP contribution in [0.2, 0.25) is 0 Å². The van der Waals surface area contributed by atoms with Crippen LogP contribution in [0.25, 0.3) is 0 Å². The Bertz CT molecular complexity index is 162. The molecule has 0 bridgehead atoms. The molecule has 0 rings (SSSR count). The number of methoxy groups -OCH3 is 1. The highest BCUT2D eigenvalue weighted by Gasteiger charge is 2.32. The van der Waals surface area contributed by atoms with Crippen LogP contribution in [-0.2, 0) is 10.9 Å². The predicted octanol–water partition coefficient (Wildman–Crippen LogP) is 1.08. The van der Waals surface area contributed by atoms with Gasteiger partial charge >= 0.3 is 0 Å². The van der Waals surface area contributed by atoms with Crippen molar-refractivity contribution in [3.05, 3.63) is 0 Å². The Morgan fingerprint density at radius 1 is 1.33 bits per heavy atom. The van der Waals surface area contributed by atoms with Crippen molar-refractivity contribution in [3.63, 3.8) is 0 Å². The van der Waals surface area contributed by atoms with Gasteiger partial charge in [-0.1, -0.05) is 6.92 Å². The minimum Gasteiger partial charge on any atom is -0.399 e. The van der Waals surface area contributed by atoms with Gasteiger partial charge in [0.15, 0.2) is 0 Å². The van der Waals surface area contributed by atoms with Gasteiger partial charge in [-0.2, -0.15) is 0 Å². The van der Waals surface area contributed by atoms with Crippen LogP contribution in [0.5, 0.6) is 0 Å². The zero-order chi connectivity index (χ0) is 11.8. The molecule has 0 aliphatic carbocycles. The first-order valence-corrected chi connectivity index (χ1v) is 6.60. The average Bonchev–Trinajstić information content (AvgIpc) is 2.22. The SMILES string of the molecule is B[C@H](O)[C@H](OC)[C@H](OI)[C@@H](CC)COI. The van der Waals surface area contributed by atoms with Crippen molar-refractivity contribution < 1.29 is 16.0 Å². The van der Waals surface area contributed by atoms with Gasteiger partial charge in [0.25, 0.3) is 0 Å². The topological polar surface area (TPSA) is 47.9 Å². The van der Waals surface area contributed by atoms with E-state index in [1.807, 2.05) is 46.0 Å². The highest BCUT2D eigenvalue weighted by molar-refractivity contribution is 14.1. The lowest BCUT2D eigenvalue weighted by atomic mass is 9.85. The Morgan fingerprint density at radius 2 is 1.93 bits per heavy atom. The smallest absolute Gasteiger partial charge is 0.142 e. The summed E-state index contributed by atoms with van der Waals surface area (Å²) in [4.78, 5) is 0. The van der Waals surface area contributed by atoms with Crippen LogP contribution < -0.4 is 0 Å². The zero-order valence-corrected chi connectivity index (χ0v) is 13.5. The summed E-state index contributed by atoms with van der Waals surface area (Å²) in [5.74, 6) is 0.221. The standard InChI is InChI=1S/C8H17BI2O4/c1-3-5(4-14-10)6(15-11)7(13-2)8(9)12/h5-8,12H,3-4,9H2,1-2H3/t5-,6+,7+,8+/m0/s1. The number of halogens is 2. The lowest BCUT2D eigenvalue weighted by molar-refractivity contribution is -0.0565. The number of aliphatic hydroxyl groups is 1. The largest absolute Gasteiger partial charge is 0.399 e. The van der Waals surface area contributed by atoms with Gasteiger partial charge in [0.1, 0.15) is 66.1 Å². The molecule has 15 heavy (non-hydrogen) atoms. The van der Waals surface area contributed by atoms with E-state index in [0.29, 0.717) is 6.61 Å². The van der Waals surface area contributed by atoms with Crippen LogP contribution in [0.3, 0.4) is 0 Å². The van der Waals surface area contributed by atoms with Crippen molar-refractivity contribution >= 4 is 53.9 Å². The van der Waals surface area contributed by atoms with Crippen molar-refractivity contribution in [3.8, 4) is 0 Å². The molecule has 0 fully saturated rings. The maximum atomic E-state index is 9.58. The Kier molecular flexibility index (Phi) is 10.3. The first kappa shape index (κ1) is 16.4. The molecule has 90 valence electrons. The molecular formula is C8H17BI2O4. The van der Waals surface area contributed by atoms with Crippen LogP contribution in [0, 0.1) is 5.92 Å². The minimum absolute atomic E-state index is 0.157. The summed E-state index contributed by atoms with van der Waals surface area (Å²) in [5, 5.41) is 9.58. The first-order valence-electron chi connectivity index (χ1n) is 4.84. The molecule has 0 saturated carbocycles. The monoisotopic (exact) mass is 442 g/mol. The number of aliphatic hydroxyl groups excluding tert-OH is 1. The van der Waals surface area contributed by atoms with Crippen LogP contribution in [0.1, 0.15) is 13.3 Å². The molecule has 4 atom stereocenters. The quantitative estimate of drug-likeness (QED) is 0.452. The molecule has 0 unspecified atom stereocenters. The van der Waals surface area contributed by atoms with E-state index in [0.717, 1.165) is 6.42 Å². The fourth-order valence-corrected chi connectivity index (χ4v) is 2.69. The number of rotatable bonds is 8. The third-order valence-electron chi connectivity index (χ3n) is 2.44. The van der Waals surface area contributed by atoms with Crippen LogP contribution in [0.4, 0.5) is 0 Å². The third-order valence-corrected chi connectivity index (χ3v) is 3.39. The minimum atomic E-state index is -0.557. The molecule has 1 N–H and O–H groups in total. The maximum Gasteiger partial charge on any atom is 0.142 e. The lowest BCUT2D eigenvalue weighted by Gasteiger charge is -2.31. The fourth-order valence-electron chi connectivity index (χ4n) is 1.52. The fraction of sp³-hybridized carbons (Fsp3) is 1.00. The first-order chi connectivity index (χ1) is 7.12. The summed E-state index contributed by atoms with van der Waals surface area (Å²) < 4.78 is 15.7. The summed E-state index contributed by atoms with van der Waals surface area (Å²) in [6, 6.07) is -0.557. The second-order valence-corrected chi connectivity index (χ2v) is 4.57. The van der Waals surface area contributed by atoms with Crippen molar-refractivity contribution in [2.45, 2.75) is 31.6 Å². The van der Waals surface area contributed by atoms with E-state index in [4.69, 9.17) is 10.9 Å². The molecular weight excluding hydrogens is 425 g/mol. The molecule has 0 saturated heterocycles. The van der Waals surface area contributed by atoms with Gasteiger partial charge in [-0.25, -0.2) is 0 Å². The molecule has 0 spiro atoms. The van der Waals surface area contributed by atoms with Gasteiger partial charge < -0.3 is 16.0 Å². The summed E-state index contributed by atoms with van der Waals surface area (Å²) in [6.45, 7) is 2.66. The van der Waals surface area contributed by atoms with Crippen LogP contribution in [-0.4, -0.2) is 44.9 Å². The number of hydrogen-bond donors (Lipinski definition) is 1. The molecule has 0 aliphatic heterocycles. The summed E-state index contributed by atoms with van der Waals surface area (Å²) in [6.07, 6.45) is 0.442. The molecule has 7 heteroatoms. The van der Waals surface area contributed by atoms with Gasteiger partial charge in [-0.3, -0.25) is 0 Å². The molecule has 0 aromatic carbocycles. The normalized spacial score (nSPS) is 19.5. The van der Waals surface area contributed by atoms with Crippen molar-refractivity contribution in [2.24, 2.45) is 5.92 Å². The van der Waals surface area contributed by atoms with Gasteiger partial charge in [-0.15, -0.1) is 0 Å². The van der Waals surface area contributed by atoms with Gasteiger partial charge in [0, 0.05) is 19.0 Å². The lowest BCUT2D eigenvalue weighted by Crippen LogP contribution is -2.44. The Labute approximate surface area is 120 Å². The predicted molar refractivity (Wildman–Crippen MR) is 78.0 cm³/mol. The highest BCUT2D eigenvalue weighted by atomic mass is 127. The molecule has 0 radical (unpaired) electrons. The summed E-state index contributed by atoms with van der Waals surface area (Å²) in [5.41, 5.74) is 0. The molecule has 0 aliphatic rings. The second kappa shape index (κ2) is 9.40. The maximum absolute atomic E-state index is 9.58. The van der Waals surface area contributed by atoms with Crippen molar-refractivity contribution in [1.82, 2.24) is 0 Å². The Hall–Kier alpha value is 1.36. The third kappa shape index (κ3) is 5.49. The van der Waals surface area contributed by atoms with E-state index in [1.165, 1.54) is 0 Å². The van der Waals surface area contributed by atoms with E-state index in [-0.39, 0.29) is 18.1 Å². The van der Waals surface area contributed by atoms with Crippen LogP contribution >= 0.6 is 46.0 Å². The van der Waals surface area contributed by atoms with E-state index < -0.39 is 6.00 Å². The molecule has 0 amide bonds. The van der Waals surface area contributed by atoms with Gasteiger partial charge in [0.05, 0.1) is 6.61 Å². The van der Waals surface area contributed by atoms with E-state index in [2.05, 4.69) is 6.92 Å². The molecule has 0 heterocycles.